The molecule has 0 unspecified atom stereocenters. The van der Waals surface area contributed by atoms with Gasteiger partial charge in [-0.15, -0.1) is 12.4 Å². The zero-order chi connectivity index (χ0) is 18.5. The van der Waals surface area contributed by atoms with Crippen molar-refractivity contribution in [1.29, 1.82) is 0 Å². The average molecular weight is 390 g/mol. The Balaban J connectivity index is 0.00000261. The lowest BCUT2D eigenvalue weighted by atomic mass is 10.0. The zero-order valence-corrected chi connectivity index (χ0v) is 15.5. The maximum atomic E-state index is 10.8. The van der Waals surface area contributed by atoms with Crippen molar-refractivity contribution in [2.75, 3.05) is 7.11 Å². The SMILES string of the molecule is COc1ccc(Cc2nc(-c3ccc(C[C@H](N)C(=O)O)cc3)no2)cc1.Cl. The highest BCUT2D eigenvalue weighted by atomic mass is 35.5. The number of hydrogen-bond acceptors (Lipinski definition) is 6. The van der Waals surface area contributed by atoms with Crippen LogP contribution < -0.4 is 10.5 Å². The number of methoxy groups -OCH3 is 1. The standard InChI is InChI=1S/C19H19N3O4.ClH/c1-25-15-8-4-13(5-9-15)11-17-21-18(22-26-17)14-6-2-12(3-7-14)10-16(20)19(23)24;/h2-9,16H,10-11,20H2,1H3,(H,23,24);1H/t16-;/m0./s1. The number of carboxylic acids is 1. The second-order valence-corrected chi connectivity index (χ2v) is 5.88. The molecule has 0 aliphatic heterocycles. The summed E-state index contributed by atoms with van der Waals surface area (Å²) >= 11 is 0. The first-order valence-electron chi connectivity index (χ1n) is 8.08. The van der Waals surface area contributed by atoms with E-state index < -0.39 is 12.0 Å². The number of nitrogens with zero attached hydrogens (tertiary/aromatic N) is 2. The van der Waals surface area contributed by atoms with Crippen LogP contribution >= 0.6 is 12.4 Å². The summed E-state index contributed by atoms with van der Waals surface area (Å²) in [6.07, 6.45) is 0.799. The van der Waals surface area contributed by atoms with Gasteiger partial charge in [-0.05, 0) is 29.7 Å². The summed E-state index contributed by atoms with van der Waals surface area (Å²) in [5.41, 5.74) is 8.22. The summed E-state index contributed by atoms with van der Waals surface area (Å²) in [6.45, 7) is 0. The van der Waals surface area contributed by atoms with Crippen molar-refractivity contribution in [3.05, 3.63) is 65.5 Å². The maximum absolute atomic E-state index is 10.8. The average Bonchev–Trinajstić information content (AvgIpc) is 3.11. The number of aromatic nitrogens is 2. The molecule has 0 saturated carbocycles. The minimum atomic E-state index is -1.02. The van der Waals surface area contributed by atoms with Gasteiger partial charge in [0.25, 0.3) is 0 Å². The van der Waals surface area contributed by atoms with E-state index in [-0.39, 0.29) is 18.8 Å². The highest BCUT2D eigenvalue weighted by molar-refractivity contribution is 5.85. The molecule has 7 nitrogen and oxygen atoms in total. The normalized spacial score (nSPS) is 11.5. The Morgan fingerprint density at radius 2 is 1.78 bits per heavy atom. The molecule has 1 aromatic heterocycles. The summed E-state index contributed by atoms with van der Waals surface area (Å²) < 4.78 is 10.5. The Morgan fingerprint density at radius 1 is 1.15 bits per heavy atom. The van der Waals surface area contributed by atoms with E-state index >= 15 is 0 Å². The van der Waals surface area contributed by atoms with Gasteiger partial charge in [-0.1, -0.05) is 41.6 Å². The number of carboxylic acid groups (broad SMARTS) is 1. The molecule has 2 aromatic carbocycles. The van der Waals surface area contributed by atoms with Gasteiger partial charge in [0.1, 0.15) is 11.8 Å². The van der Waals surface area contributed by atoms with Gasteiger partial charge in [0.05, 0.1) is 13.5 Å². The topological polar surface area (TPSA) is 111 Å². The lowest BCUT2D eigenvalue weighted by Crippen LogP contribution is -2.32. The van der Waals surface area contributed by atoms with Crippen LogP contribution in [-0.4, -0.2) is 34.4 Å². The summed E-state index contributed by atoms with van der Waals surface area (Å²) in [5.74, 6) is 0.780. The molecule has 8 heteroatoms. The van der Waals surface area contributed by atoms with Crippen LogP contribution in [0.25, 0.3) is 11.4 Å². The van der Waals surface area contributed by atoms with Gasteiger partial charge in [-0.2, -0.15) is 4.98 Å². The number of rotatable bonds is 7. The van der Waals surface area contributed by atoms with E-state index in [1.165, 1.54) is 0 Å². The first kappa shape index (κ1) is 20.4. The predicted molar refractivity (Wildman–Crippen MR) is 102 cm³/mol. The van der Waals surface area contributed by atoms with Crippen LogP contribution in [-0.2, 0) is 17.6 Å². The summed E-state index contributed by atoms with van der Waals surface area (Å²) in [6, 6.07) is 14.0. The summed E-state index contributed by atoms with van der Waals surface area (Å²) in [7, 11) is 1.62. The molecular formula is C19H20ClN3O4. The van der Waals surface area contributed by atoms with Crippen molar-refractivity contribution in [2.45, 2.75) is 18.9 Å². The number of halogens is 1. The monoisotopic (exact) mass is 389 g/mol. The van der Waals surface area contributed by atoms with Gasteiger partial charge in [0.15, 0.2) is 0 Å². The summed E-state index contributed by atoms with van der Waals surface area (Å²) in [4.78, 5) is 15.2. The highest BCUT2D eigenvalue weighted by Gasteiger charge is 2.13. The third-order valence-corrected chi connectivity index (χ3v) is 3.97. The van der Waals surface area contributed by atoms with E-state index in [9.17, 15) is 4.79 Å². The first-order chi connectivity index (χ1) is 12.5. The second kappa shape index (κ2) is 9.16. The molecule has 0 radical (unpaired) electrons. The molecule has 0 amide bonds. The maximum Gasteiger partial charge on any atom is 0.320 e. The Labute approximate surface area is 162 Å². The molecule has 3 rings (SSSR count). The zero-order valence-electron chi connectivity index (χ0n) is 14.7. The molecule has 27 heavy (non-hydrogen) atoms. The van der Waals surface area contributed by atoms with Crippen LogP contribution in [0.15, 0.2) is 53.1 Å². The third kappa shape index (κ3) is 5.29. The van der Waals surface area contributed by atoms with Crippen LogP contribution in [0.3, 0.4) is 0 Å². The second-order valence-electron chi connectivity index (χ2n) is 5.88. The van der Waals surface area contributed by atoms with E-state index in [2.05, 4.69) is 10.1 Å². The number of benzene rings is 2. The Kier molecular flexibility index (Phi) is 6.92. The molecule has 0 fully saturated rings. The van der Waals surface area contributed by atoms with Gasteiger partial charge in [-0.25, -0.2) is 0 Å². The van der Waals surface area contributed by atoms with Crippen LogP contribution in [0.1, 0.15) is 17.0 Å². The molecule has 0 aliphatic rings. The van der Waals surface area contributed by atoms with Crippen LogP contribution in [0.5, 0.6) is 5.75 Å². The molecule has 0 saturated heterocycles. The molecular weight excluding hydrogens is 370 g/mol. The highest BCUT2D eigenvalue weighted by Crippen LogP contribution is 2.19. The minimum absolute atomic E-state index is 0. The lowest BCUT2D eigenvalue weighted by molar-refractivity contribution is -0.138. The van der Waals surface area contributed by atoms with Crippen molar-refractivity contribution in [3.8, 4) is 17.1 Å². The molecule has 1 atom stereocenters. The molecule has 0 aliphatic carbocycles. The fourth-order valence-corrected chi connectivity index (χ4v) is 2.49. The Bertz CT molecular complexity index is 879. The van der Waals surface area contributed by atoms with Crippen molar-refractivity contribution in [1.82, 2.24) is 10.1 Å². The molecule has 0 bridgehead atoms. The van der Waals surface area contributed by atoms with Crippen molar-refractivity contribution in [3.63, 3.8) is 0 Å². The van der Waals surface area contributed by atoms with E-state index in [0.29, 0.717) is 18.1 Å². The number of ether oxygens (including phenoxy) is 1. The van der Waals surface area contributed by atoms with E-state index in [4.69, 9.17) is 20.1 Å². The molecule has 0 spiro atoms. The molecule has 3 N–H and O–H groups in total. The predicted octanol–water partition coefficient (Wildman–Crippen LogP) is 2.71. The van der Waals surface area contributed by atoms with Gasteiger partial charge in [-0.3, -0.25) is 4.79 Å². The van der Waals surface area contributed by atoms with Crippen molar-refractivity contribution >= 4 is 18.4 Å². The Morgan fingerprint density at radius 3 is 2.37 bits per heavy atom. The van der Waals surface area contributed by atoms with Crippen LogP contribution in [0, 0.1) is 0 Å². The van der Waals surface area contributed by atoms with E-state index in [1.54, 1.807) is 7.11 Å². The van der Waals surface area contributed by atoms with Crippen LogP contribution in [0.4, 0.5) is 0 Å². The minimum Gasteiger partial charge on any atom is -0.497 e. The smallest absolute Gasteiger partial charge is 0.320 e. The third-order valence-electron chi connectivity index (χ3n) is 3.97. The fraction of sp³-hybridized carbons (Fsp3) is 0.211. The first-order valence-corrected chi connectivity index (χ1v) is 8.08. The number of aliphatic carboxylic acids is 1. The van der Waals surface area contributed by atoms with Gasteiger partial charge >= 0.3 is 5.97 Å². The number of nitrogens with two attached hydrogens (primary N) is 1. The van der Waals surface area contributed by atoms with Gasteiger partial charge in [0, 0.05) is 5.56 Å². The molecule has 142 valence electrons. The fourth-order valence-electron chi connectivity index (χ4n) is 2.49. The quantitative estimate of drug-likeness (QED) is 0.638. The molecule has 1 heterocycles. The number of hydrogen-bond donors (Lipinski definition) is 2. The van der Waals surface area contributed by atoms with E-state index in [1.807, 2.05) is 48.5 Å². The number of carbonyl (C=O) groups is 1. The van der Waals surface area contributed by atoms with Gasteiger partial charge < -0.3 is 20.1 Å². The largest absolute Gasteiger partial charge is 0.497 e. The summed E-state index contributed by atoms with van der Waals surface area (Å²) in [5, 5.41) is 12.9. The van der Waals surface area contributed by atoms with Crippen molar-refractivity contribution in [2.24, 2.45) is 5.73 Å². The van der Waals surface area contributed by atoms with Crippen LogP contribution in [0.2, 0.25) is 0 Å². The Hall–Kier alpha value is -2.90. The van der Waals surface area contributed by atoms with E-state index in [0.717, 1.165) is 22.4 Å². The lowest BCUT2D eigenvalue weighted by Gasteiger charge is -2.06. The van der Waals surface area contributed by atoms with Crippen molar-refractivity contribution < 1.29 is 19.2 Å². The molecule has 3 aromatic rings. The van der Waals surface area contributed by atoms with Gasteiger partial charge in [0.2, 0.25) is 11.7 Å².